The maximum Gasteiger partial charge on any atom is 0.167 e. The van der Waals surface area contributed by atoms with Gasteiger partial charge in [-0.3, -0.25) is 0 Å². The summed E-state index contributed by atoms with van der Waals surface area (Å²) in [6.07, 6.45) is 0. The maximum absolute atomic E-state index is 13.4. The first kappa shape index (κ1) is 11.4. The molecule has 2 nitrogen and oxygen atoms in total. The largest absolute Gasteiger partial charge is 0.454 e. The number of nitriles is 1. The summed E-state index contributed by atoms with van der Waals surface area (Å²) < 4.78 is 18.7. The molecule has 0 atom stereocenters. The fourth-order valence-corrected chi connectivity index (χ4v) is 1.44. The Labute approximate surface area is 103 Å². The van der Waals surface area contributed by atoms with Gasteiger partial charge < -0.3 is 4.74 Å². The summed E-state index contributed by atoms with van der Waals surface area (Å²) >= 11 is 5.63. The fraction of sp³-hybridized carbons (Fsp3) is 0. The first-order chi connectivity index (χ1) is 8.19. The van der Waals surface area contributed by atoms with Crippen molar-refractivity contribution in [2.24, 2.45) is 0 Å². The molecule has 2 aromatic rings. The second kappa shape index (κ2) is 4.86. The summed E-state index contributed by atoms with van der Waals surface area (Å²) in [5.74, 6) is 0.0335. The van der Waals surface area contributed by atoms with Crippen molar-refractivity contribution in [1.82, 2.24) is 0 Å². The van der Waals surface area contributed by atoms with E-state index in [9.17, 15) is 4.39 Å². The third-order valence-corrected chi connectivity index (χ3v) is 2.34. The van der Waals surface area contributed by atoms with E-state index < -0.39 is 5.82 Å². The van der Waals surface area contributed by atoms with Gasteiger partial charge in [-0.05, 0) is 42.5 Å². The van der Waals surface area contributed by atoms with Crippen molar-refractivity contribution >= 4 is 11.6 Å². The predicted molar refractivity (Wildman–Crippen MR) is 62.6 cm³/mol. The number of hydrogen-bond acceptors (Lipinski definition) is 2. The number of hydrogen-bond donors (Lipinski definition) is 0. The summed E-state index contributed by atoms with van der Waals surface area (Å²) in [6.45, 7) is 0. The Bertz CT molecular complexity index is 575. The van der Waals surface area contributed by atoms with Crippen molar-refractivity contribution in [3.05, 3.63) is 58.9 Å². The lowest BCUT2D eigenvalue weighted by molar-refractivity contribution is 0.442. The van der Waals surface area contributed by atoms with Gasteiger partial charge in [0.1, 0.15) is 5.75 Å². The lowest BCUT2D eigenvalue weighted by atomic mass is 10.2. The van der Waals surface area contributed by atoms with Crippen LogP contribution in [0, 0.1) is 17.1 Å². The van der Waals surface area contributed by atoms with Crippen LogP contribution in [-0.2, 0) is 0 Å². The van der Waals surface area contributed by atoms with Crippen LogP contribution >= 0.6 is 11.6 Å². The van der Waals surface area contributed by atoms with Crippen LogP contribution in [0.3, 0.4) is 0 Å². The van der Waals surface area contributed by atoms with E-state index in [0.29, 0.717) is 16.3 Å². The summed E-state index contributed by atoms with van der Waals surface area (Å²) in [4.78, 5) is 0. The molecule has 0 unspecified atom stereocenters. The van der Waals surface area contributed by atoms with Crippen LogP contribution in [-0.4, -0.2) is 0 Å². The molecule has 0 fully saturated rings. The molecule has 2 aromatic carbocycles. The van der Waals surface area contributed by atoms with Gasteiger partial charge in [0.05, 0.1) is 11.6 Å². The Hall–Kier alpha value is -2.05. The summed E-state index contributed by atoms with van der Waals surface area (Å²) in [7, 11) is 0. The van der Waals surface area contributed by atoms with Crippen molar-refractivity contribution in [3.8, 4) is 17.6 Å². The van der Waals surface area contributed by atoms with Crippen LogP contribution in [0.25, 0.3) is 0 Å². The Morgan fingerprint density at radius 3 is 2.41 bits per heavy atom. The average molecular weight is 248 g/mol. The van der Waals surface area contributed by atoms with Gasteiger partial charge in [0.15, 0.2) is 11.6 Å². The smallest absolute Gasteiger partial charge is 0.167 e. The summed E-state index contributed by atoms with van der Waals surface area (Å²) in [5.41, 5.74) is 0.522. The van der Waals surface area contributed by atoms with E-state index >= 15 is 0 Å². The monoisotopic (exact) mass is 247 g/mol. The topological polar surface area (TPSA) is 33.0 Å². The van der Waals surface area contributed by atoms with E-state index in [1.165, 1.54) is 12.1 Å². The maximum atomic E-state index is 13.4. The van der Waals surface area contributed by atoms with Crippen molar-refractivity contribution in [3.63, 3.8) is 0 Å². The van der Waals surface area contributed by atoms with E-state index in [1.807, 2.05) is 6.07 Å². The predicted octanol–water partition coefficient (Wildman–Crippen LogP) is 4.14. The van der Waals surface area contributed by atoms with Crippen molar-refractivity contribution < 1.29 is 9.13 Å². The van der Waals surface area contributed by atoms with Crippen molar-refractivity contribution in [1.29, 1.82) is 5.26 Å². The SMILES string of the molecule is N#Cc1ccc(Oc2ccc(Cl)cc2F)cc1. The number of rotatable bonds is 2. The quantitative estimate of drug-likeness (QED) is 0.799. The van der Waals surface area contributed by atoms with Crippen molar-refractivity contribution in [2.45, 2.75) is 0 Å². The normalized spacial score (nSPS) is 9.71. The zero-order valence-electron chi connectivity index (χ0n) is 8.65. The van der Waals surface area contributed by atoms with E-state index in [4.69, 9.17) is 21.6 Å². The molecule has 0 aromatic heterocycles. The Balaban J connectivity index is 2.23. The van der Waals surface area contributed by atoms with Crippen LogP contribution in [0.4, 0.5) is 4.39 Å². The highest BCUT2D eigenvalue weighted by molar-refractivity contribution is 6.30. The highest BCUT2D eigenvalue weighted by atomic mass is 35.5. The molecule has 0 amide bonds. The van der Waals surface area contributed by atoms with Crippen LogP contribution in [0.1, 0.15) is 5.56 Å². The van der Waals surface area contributed by atoms with Crippen LogP contribution < -0.4 is 4.74 Å². The first-order valence-electron chi connectivity index (χ1n) is 4.82. The molecule has 0 aliphatic rings. The molecule has 4 heteroatoms. The molecular formula is C13H7ClFNO. The molecule has 0 heterocycles. The van der Waals surface area contributed by atoms with Crippen LogP contribution in [0.5, 0.6) is 11.5 Å². The first-order valence-corrected chi connectivity index (χ1v) is 5.20. The van der Waals surface area contributed by atoms with Gasteiger partial charge in [-0.25, -0.2) is 4.39 Å². The molecule has 0 radical (unpaired) electrons. The number of halogens is 2. The molecular weight excluding hydrogens is 241 g/mol. The van der Waals surface area contributed by atoms with E-state index in [0.717, 1.165) is 0 Å². The third kappa shape index (κ3) is 2.74. The van der Waals surface area contributed by atoms with Gasteiger partial charge in [0, 0.05) is 5.02 Å². The van der Waals surface area contributed by atoms with Crippen LogP contribution in [0.2, 0.25) is 5.02 Å². The lowest BCUT2D eigenvalue weighted by Gasteiger charge is -2.06. The number of ether oxygens (including phenoxy) is 1. The summed E-state index contributed by atoms with van der Waals surface area (Å²) in [5, 5.41) is 8.94. The molecule has 0 aliphatic carbocycles. The molecule has 17 heavy (non-hydrogen) atoms. The second-order valence-corrected chi connectivity index (χ2v) is 3.75. The molecule has 0 saturated carbocycles. The van der Waals surface area contributed by atoms with Gasteiger partial charge in [-0.2, -0.15) is 5.26 Å². The van der Waals surface area contributed by atoms with Gasteiger partial charge in [0.2, 0.25) is 0 Å². The molecule has 0 N–H and O–H groups in total. The number of benzene rings is 2. The minimum absolute atomic E-state index is 0.0964. The Kier molecular flexibility index (Phi) is 3.27. The molecule has 0 saturated heterocycles. The molecule has 0 aliphatic heterocycles. The minimum Gasteiger partial charge on any atom is -0.454 e. The van der Waals surface area contributed by atoms with Gasteiger partial charge in [0.25, 0.3) is 0 Å². The highest BCUT2D eigenvalue weighted by Gasteiger charge is 2.05. The Morgan fingerprint density at radius 1 is 1.12 bits per heavy atom. The Morgan fingerprint density at radius 2 is 1.82 bits per heavy atom. The molecule has 0 spiro atoms. The standard InChI is InChI=1S/C13H7ClFNO/c14-10-3-6-13(12(15)7-10)17-11-4-1-9(8-16)2-5-11/h1-7H. The fourth-order valence-electron chi connectivity index (χ4n) is 1.28. The minimum atomic E-state index is -0.526. The third-order valence-electron chi connectivity index (χ3n) is 2.11. The molecule has 2 rings (SSSR count). The van der Waals surface area contributed by atoms with E-state index in [2.05, 4.69) is 0 Å². The van der Waals surface area contributed by atoms with Gasteiger partial charge in [-0.15, -0.1) is 0 Å². The van der Waals surface area contributed by atoms with Crippen molar-refractivity contribution in [2.75, 3.05) is 0 Å². The highest BCUT2D eigenvalue weighted by Crippen LogP contribution is 2.26. The zero-order chi connectivity index (χ0) is 12.3. The van der Waals surface area contributed by atoms with Crippen LogP contribution in [0.15, 0.2) is 42.5 Å². The molecule has 0 bridgehead atoms. The average Bonchev–Trinajstić information content (AvgIpc) is 2.34. The van der Waals surface area contributed by atoms with E-state index in [1.54, 1.807) is 30.3 Å². The van der Waals surface area contributed by atoms with E-state index in [-0.39, 0.29) is 5.75 Å². The van der Waals surface area contributed by atoms with Gasteiger partial charge >= 0.3 is 0 Å². The zero-order valence-corrected chi connectivity index (χ0v) is 9.41. The lowest BCUT2D eigenvalue weighted by Crippen LogP contribution is -1.88. The van der Waals surface area contributed by atoms with Gasteiger partial charge in [-0.1, -0.05) is 11.6 Å². The number of nitrogens with zero attached hydrogens (tertiary/aromatic N) is 1. The summed E-state index contributed by atoms with van der Waals surface area (Å²) in [6, 6.07) is 12.6. The second-order valence-electron chi connectivity index (χ2n) is 3.31. The molecule has 84 valence electrons.